The van der Waals surface area contributed by atoms with Gasteiger partial charge in [0.15, 0.2) is 5.16 Å². The zero-order chi connectivity index (χ0) is 16.7. The predicted octanol–water partition coefficient (Wildman–Crippen LogP) is 3.37. The summed E-state index contributed by atoms with van der Waals surface area (Å²) in [4.78, 5) is 12.0. The van der Waals surface area contributed by atoms with Gasteiger partial charge >= 0.3 is 0 Å². The van der Waals surface area contributed by atoms with Crippen molar-refractivity contribution in [2.75, 3.05) is 0 Å². The van der Waals surface area contributed by atoms with Crippen LogP contribution in [0, 0.1) is 0 Å². The number of nitrogens with zero attached hydrogens (tertiary/aromatic N) is 2. The zero-order valence-corrected chi connectivity index (χ0v) is 14.5. The molecule has 0 amide bonds. The maximum absolute atomic E-state index is 12.6. The van der Waals surface area contributed by atoms with E-state index in [1.165, 1.54) is 0 Å². The van der Waals surface area contributed by atoms with Gasteiger partial charge in [-0.25, -0.2) is 4.98 Å². The van der Waals surface area contributed by atoms with Gasteiger partial charge in [0, 0.05) is 17.8 Å². The van der Waals surface area contributed by atoms with Gasteiger partial charge in [-0.1, -0.05) is 12.1 Å². The highest BCUT2D eigenvalue weighted by Crippen LogP contribution is 2.33. The van der Waals surface area contributed by atoms with Crippen LogP contribution in [0.5, 0.6) is 5.75 Å². The number of nitrogens with one attached hydrogen (secondary N) is 1. The van der Waals surface area contributed by atoms with Crippen molar-refractivity contribution in [1.29, 1.82) is 0 Å². The number of hydrogen-bond acceptors (Lipinski definition) is 4. The van der Waals surface area contributed by atoms with E-state index in [4.69, 9.17) is 4.74 Å². The molecule has 0 fully saturated rings. The largest absolute Gasteiger partial charge is 0.487 e. The predicted molar refractivity (Wildman–Crippen MR) is 93.5 cm³/mol. The number of ether oxygens (including phenoxy) is 1. The molecule has 0 saturated heterocycles. The first-order chi connectivity index (χ1) is 11.5. The summed E-state index contributed by atoms with van der Waals surface area (Å²) in [5.74, 6) is 1.18. The normalized spacial score (nSPS) is 17.2. The van der Waals surface area contributed by atoms with Crippen molar-refractivity contribution in [3.63, 3.8) is 0 Å². The van der Waals surface area contributed by atoms with Crippen molar-refractivity contribution in [3.05, 3.63) is 47.8 Å². The lowest BCUT2D eigenvalue weighted by atomic mass is 9.95. The van der Waals surface area contributed by atoms with E-state index >= 15 is 0 Å². The summed E-state index contributed by atoms with van der Waals surface area (Å²) in [5, 5.41) is 0.483. The number of aryl methyl sites for hydroxylation is 1. The lowest BCUT2D eigenvalue weighted by Gasteiger charge is -2.32. The molecule has 124 valence electrons. The molecule has 0 radical (unpaired) electrons. The number of fused-ring (bicyclic) bond motifs is 2. The van der Waals surface area contributed by atoms with Crippen molar-refractivity contribution in [3.8, 4) is 5.75 Å². The number of para-hydroxylation sites is 2. The molecular weight excluding hydrogens is 322 g/mol. The summed E-state index contributed by atoms with van der Waals surface area (Å²) >= 11 is 0. The molecule has 1 aliphatic heterocycles. The minimum absolute atomic E-state index is 0.163. The smallest absolute Gasteiger partial charge is 0.197 e. The quantitative estimate of drug-likeness (QED) is 0.793. The van der Waals surface area contributed by atoms with Crippen LogP contribution in [0.2, 0.25) is 0 Å². The Balaban J connectivity index is 1.58. The fourth-order valence-corrected chi connectivity index (χ4v) is 3.88. The Bertz CT molecular complexity index is 900. The highest BCUT2D eigenvalue weighted by atomic mass is 32.2. The van der Waals surface area contributed by atoms with Crippen LogP contribution in [-0.4, -0.2) is 24.8 Å². The third-order valence-corrected chi connectivity index (χ3v) is 5.43. The van der Waals surface area contributed by atoms with Crippen LogP contribution in [0.25, 0.3) is 11.0 Å². The summed E-state index contributed by atoms with van der Waals surface area (Å²) in [7, 11) is -1.27. The summed E-state index contributed by atoms with van der Waals surface area (Å²) in [6.45, 7) is 4.17. The molecule has 3 heterocycles. The van der Waals surface area contributed by atoms with E-state index in [2.05, 4.69) is 28.8 Å². The van der Waals surface area contributed by atoms with E-state index in [1.54, 1.807) is 0 Å². The monoisotopic (exact) mass is 341 g/mol. The van der Waals surface area contributed by atoms with E-state index in [1.807, 2.05) is 36.5 Å². The average Bonchev–Trinajstić information content (AvgIpc) is 2.98. The van der Waals surface area contributed by atoms with E-state index in [-0.39, 0.29) is 5.60 Å². The molecule has 1 N–H and O–H groups in total. The number of imidazole rings is 1. The Hall–Kier alpha value is -2.21. The molecule has 1 aliphatic rings. The average molecular weight is 341 g/mol. The first-order valence-corrected chi connectivity index (χ1v) is 9.32. The van der Waals surface area contributed by atoms with Crippen LogP contribution < -0.4 is 4.74 Å². The number of H-pyrrole nitrogens is 1. The van der Waals surface area contributed by atoms with Crippen LogP contribution in [0.3, 0.4) is 0 Å². The molecule has 5 nitrogen and oxygen atoms in total. The summed E-state index contributed by atoms with van der Waals surface area (Å²) < 4.78 is 18.6. The van der Waals surface area contributed by atoms with Crippen molar-refractivity contribution in [2.24, 2.45) is 0 Å². The molecule has 0 bridgehead atoms. The van der Waals surface area contributed by atoms with Gasteiger partial charge in [-0.2, -0.15) is 0 Å². The van der Waals surface area contributed by atoms with Crippen molar-refractivity contribution in [1.82, 2.24) is 15.0 Å². The minimum Gasteiger partial charge on any atom is -0.487 e. The molecular formula is C18H19N3O2S. The number of rotatable bonds is 3. The Morgan fingerprint density at radius 3 is 3.00 bits per heavy atom. The second-order valence-electron chi connectivity index (χ2n) is 6.69. The first kappa shape index (κ1) is 15.3. The van der Waals surface area contributed by atoms with E-state index in [9.17, 15) is 4.21 Å². The molecule has 3 aromatic rings. The lowest BCUT2D eigenvalue weighted by molar-refractivity contribution is 0.0843. The molecule has 4 rings (SSSR count). The summed E-state index contributed by atoms with van der Waals surface area (Å²) in [6.07, 6.45) is 3.78. The van der Waals surface area contributed by atoms with Crippen LogP contribution in [0.4, 0.5) is 0 Å². The Kier molecular flexibility index (Phi) is 3.64. The maximum atomic E-state index is 12.6. The second-order valence-corrected chi connectivity index (χ2v) is 8.06. The number of benzene rings is 1. The standard InChI is InChI=1S/C18H19N3O2S/c1-18(2)8-7-12-10-19-13(9-16(12)23-18)11-24(22)17-20-14-5-3-4-6-15(14)21-17/h3-6,9-10H,7-8,11H2,1-2H3,(H,20,21). The molecule has 0 aliphatic carbocycles. The fourth-order valence-electron chi connectivity index (χ4n) is 2.89. The molecule has 24 heavy (non-hydrogen) atoms. The highest BCUT2D eigenvalue weighted by molar-refractivity contribution is 7.84. The van der Waals surface area contributed by atoms with Gasteiger partial charge in [0.25, 0.3) is 0 Å². The van der Waals surface area contributed by atoms with Crippen LogP contribution in [0.1, 0.15) is 31.5 Å². The van der Waals surface area contributed by atoms with Crippen molar-refractivity contribution >= 4 is 21.8 Å². The molecule has 1 unspecified atom stereocenters. The van der Waals surface area contributed by atoms with Gasteiger partial charge in [0.05, 0.1) is 33.3 Å². The van der Waals surface area contributed by atoms with Gasteiger partial charge in [-0.15, -0.1) is 0 Å². The summed E-state index contributed by atoms with van der Waals surface area (Å²) in [5.41, 5.74) is 3.43. The number of aromatic nitrogens is 3. The molecule has 2 aromatic heterocycles. The highest BCUT2D eigenvalue weighted by Gasteiger charge is 2.27. The SMILES string of the molecule is CC1(C)CCc2cnc(CS(=O)c3nc4ccccc4[nH]3)cc2O1. The molecule has 0 spiro atoms. The van der Waals surface area contributed by atoms with Crippen LogP contribution in [0.15, 0.2) is 41.7 Å². The first-order valence-electron chi connectivity index (χ1n) is 8.00. The number of pyridine rings is 1. The number of hydrogen-bond donors (Lipinski definition) is 1. The van der Waals surface area contributed by atoms with Crippen LogP contribution in [-0.2, 0) is 23.0 Å². The molecule has 6 heteroatoms. The van der Waals surface area contributed by atoms with Gasteiger partial charge in [-0.3, -0.25) is 9.19 Å². The molecule has 0 saturated carbocycles. The van der Waals surface area contributed by atoms with Gasteiger partial charge in [0.2, 0.25) is 0 Å². The van der Waals surface area contributed by atoms with E-state index in [0.717, 1.165) is 40.9 Å². The Morgan fingerprint density at radius 1 is 1.33 bits per heavy atom. The third kappa shape index (κ3) is 2.94. The van der Waals surface area contributed by atoms with Gasteiger partial charge in [-0.05, 0) is 38.8 Å². The van der Waals surface area contributed by atoms with E-state index in [0.29, 0.717) is 10.9 Å². The maximum Gasteiger partial charge on any atom is 0.197 e. The Labute approximate surface area is 142 Å². The third-order valence-electron chi connectivity index (χ3n) is 4.25. The van der Waals surface area contributed by atoms with Gasteiger partial charge < -0.3 is 9.72 Å². The molecule has 1 aromatic carbocycles. The van der Waals surface area contributed by atoms with Crippen LogP contribution >= 0.6 is 0 Å². The minimum atomic E-state index is -1.27. The lowest BCUT2D eigenvalue weighted by Crippen LogP contribution is -2.32. The summed E-state index contributed by atoms with van der Waals surface area (Å²) in [6, 6.07) is 9.59. The van der Waals surface area contributed by atoms with Crippen molar-refractivity contribution in [2.45, 2.75) is 43.2 Å². The Morgan fingerprint density at radius 2 is 2.17 bits per heavy atom. The second kappa shape index (κ2) is 5.70. The molecule has 1 atom stereocenters. The van der Waals surface area contributed by atoms with Crippen molar-refractivity contribution < 1.29 is 8.95 Å². The van der Waals surface area contributed by atoms with E-state index < -0.39 is 10.8 Å². The van der Waals surface area contributed by atoms with Gasteiger partial charge in [0.1, 0.15) is 11.4 Å². The number of aromatic amines is 1. The fraction of sp³-hybridized carbons (Fsp3) is 0.333. The topological polar surface area (TPSA) is 67.9 Å². The zero-order valence-electron chi connectivity index (χ0n) is 13.7.